The zero-order valence-corrected chi connectivity index (χ0v) is 11.6. The van der Waals surface area contributed by atoms with Gasteiger partial charge in [0.15, 0.2) is 0 Å². The number of aromatic nitrogens is 1. The van der Waals surface area contributed by atoms with Crippen LogP contribution in [0.5, 0.6) is 0 Å². The van der Waals surface area contributed by atoms with Gasteiger partial charge in [0.05, 0.1) is 6.42 Å². The average Bonchev–Trinajstić information content (AvgIpc) is 2.47. The molecule has 2 rings (SSSR count). The standard InChI is InChI=1S/C14H18FN3O3/c15-3-5-17-6-7-18(10-11-2-1-4-16-9-11)12(14(17)21)8-13(19)20/h1-2,4,9,12H,3,5-8,10H2,(H,19,20). The first-order valence-electron chi connectivity index (χ1n) is 6.81. The predicted molar refractivity (Wildman–Crippen MR) is 73.2 cm³/mol. The molecule has 0 spiro atoms. The lowest BCUT2D eigenvalue weighted by atomic mass is 10.1. The maximum atomic E-state index is 12.5. The predicted octanol–water partition coefficient (Wildman–Crippen LogP) is 0.539. The first kappa shape index (κ1) is 15.4. The number of hydrogen-bond donors (Lipinski definition) is 1. The highest BCUT2D eigenvalue weighted by Gasteiger charge is 2.35. The van der Waals surface area contributed by atoms with Crippen LogP contribution in [0.3, 0.4) is 0 Å². The molecule has 1 aliphatic heterocycles. The van der Waals surface area contributed by atoms with E-state index in [1.807, 2.05) is 11.0 Å². The van der Waals surface area contributed by atoms with E-state index in [0.29, 0.717) is 19.6 Å². The second kappa shape index (κ2) is 7.12. The summed E-state index contributed by atoms with van der Waals surface area (Å²) in [6.07, 6.45) is 3.07. The Labute approximate surface area is 122 Å². The minimum Gasteiger partial charge on any atom is -0.481 e. The highest BCUT2D eigenvalue weighted by Crippen LogP contribution is 2.17. The Kier molecular flexibility index (Phi) is 5.21. The molecule has 1 aromatic rings. The highest BCUT2D eigenvalue weighted by molar-refractivity contribution is 5.86. The molecule has 1 aromatic heterocycles. The molecule has 1 aliphatic rings. The first-order valence-corrected chi connectivity index (χ1v) is 6.81. The van der Waals surface area contributed by atoms with Crippen LogP contribution in [0.15, 0.2) is 24.5 Å². The third kappa shape index (κ3) is 3.98. The average molecular weight is 295 g/mol. The van der Waals surface area contributed by atoms with Crippen LogP contribution >= 0.6 is 0 Å². The lowest BCUT2D eigenvalue weighted by Crippen LogP contribution is -2.57. The molecular weight excluding hydrogens is 277 g/mol. The summed E-state index contributed by atoms with van der Waals surface area (Å²) in [6, 6.07) is 2.93. The number of pyridine rings is 1. The number of rotatable bonds is 6. The number of amides is 1. The Bertz CT molecular complexity index is 497. The van der Waals surface area contributed by atoms with E-state index in [4.69, 9.17) is 5.11 Å². The molecule has 1 unspecified atom stereocenters. The van der Waals surface area contributed by atoms with Crippen LogP contribution in [-0.2, 0) is 16.1 Å². The number of halogens is 1. The minimum absolute atomic E-state index is 0.0235. The molecule has 6 nitrogen and oxygen atoms in total. The quantitative estimate of drug-likeness (QED) is 0.829. The summed E-state index contributed by atoms with van der Waals surface area (Å²) in [5.41, 5.74) is 0.916. The molecule has 0 aliphatic carbocycles. The van der Waals surface area contributed by atoms with Gasteiger partial charge in [-0.2, -0.15) is 0 Å². The number of hydrogen-bond acceptors (Lipinski definition) is 4. The van der Waals surface area contributed by atoms with Crippen LogP contribution in [0.4, 0.5) is 4.39 Å². The smallest absolute Gasteiger partial charge is 0.305 e. The number of nitrogens with zero attached hydrogens (tertiary/aromatic N) is 3. The molecule has 7 heteroatoms. The lowest BCUT2D eigenvalue weighted by molar-refractivity contribution is -0.149. The molecule has 114 valence electrons. The number of carbonyl (C=O) groups excluding carboxylic acids is 1. The molecule has 21 heavy (non-hydrogen) atoms. The van der Waals surface area contributed by atoms with Gasteiger partial charge in [-0.25, -0.2) is 4.39 Å². The van der Waals surface area contributed by atoms with E-state index in [2.05, 4.69) is 4.98 Å². The van der Waals surface area contributed by atoms with Gasteiger partial charge in [-0.1, -0.05) is 6.07 Å². The normalized spacial score (nSPS) is 19.8. The van der Waals surface area contributed by atoms with E-state index in [1.165, 1.54) is 4.90 Å². The van der Waals surface area contributed by atoms with Crippen molar-refractivity contribution in [1.29, 1.82) is 0 Å². The van der Waals surface area contributed by atoms with E-state index in [0.717, 1.165) is 5.56 Å². The van der Waals surface area contributed by atoms with Gasteiger partial charge in [0.2, 0.25) is 5.91 Å². The van der Waals surface area contributed by atoms with Crippen molar-refractivity contribution in [2.75, 3.05) is 26.3 Å². The second-order valence-corrected chi connectivity index (χ2v) is 4.96. The third-order valence-electron chi connectivity index (χ3n) is 3.53. The largest absolute Gasteiger partial charge is 0.481 e. The van der Waals surface area contributed by atoms with Crippen LogP contribution in [-0.4, -0.2) is 64.1 Å². The molecule has 1 N–H and O–H groups in total. The van der Waals surface area contributed by atoms with Crippen LogP contribution in [0, 0.1) is 0 Å². The van der Waals surface area contributed by atoms with Gasteiger partial charge in [-0.3, -0.25) is 19.5 Å². The summed E-state index contributed by atoms with van der Waals surface area (Å²) in [5.74, 6) is -1.35. The number of piperazine rings is 1. The Morgan fingerprint density at radius 1 is 1.48 bits per heavy atom. The summed E-state index contributed by atoms with van der Waals surface area (Å²) in [6.45, 7) is 0.808. The molecule has 0 aromatic carbocycles. The first-order chi connectivity index (χ1) is 10.1. The van der Waals surface area contributed by atoms with Crippen LogP contribution in [0.2, 0.25) is 0 Å². The van der Waals surface area contributed by atoms with Gasteiger partial charge in [-0.05, 0) is 11.6 Å². The zero-order chi connectivity index (χ0) is 15.2. The third-order valence-corrected chi connectivity index (χ3v) is 3.53. The van der Waals surface area contributed by atoms with Gasteiger partial charge < -0.3 is 10.0 Å². The molecule has 1 fully saturated rings. The van der Waals surface area contributed by atoms with E-state index in [1.54, 1.807) is 18.5 Å². The molecule has 2 heterocycles. The van der Waals surface area contributed by atoms with Crippen molar-refractivity contribution in [3.8, 4) is 0 Å². The van der Waals surface area contributed by atoms with E-state index in [-0.39, 0.29) is 18.9 Å². The van der Waals surface area contributed by atoms with Crippen LogP contribution < -0.4 is 0 Å². The van der Waals surface area contributed by atoms with Crippen LogP contribution in [0.25, 0.3) is 0 Å². The van der Waals surface area contributed by atoms with E-state index in [9.17, 15) is 14.0 Å². The minimum atomic E-state index is -1.04. The summed E-state index contributed by atoms with van der Waals surface area (Å²) < 4.78 is 12.5. The Morgan fingerprint density at radius 3 is 2.90 bits per heavy atom. The number of alkyl halides is 1. The monoisotopic (exact) mass is 295 g/mol. The van der Waals surface area contributed by atoms with Crippen molar-refractivity contribution in [2.45, 2.75) is 19.0 Å². The molecule has 0 saturated carbocycles. The van der Waals surface area contributed by atoms with E-state index < -0.39 is 18.7 Å². The Balaban J connectivity index is 2.11. The molecule has 0 radical (unpaired) electrons. The molecule has 1 amide bonds. The topological polar surface area (TPSA) is 73.7 Å². The van der Waals surface area contributed by atoms with Crippen molar-refractivity contribution < 1.29 is 19.1 Å². The van der Waals surface area contributed by atoms with Gasteiger partial charge in [0.1, 0.15) is 12.7 Å². The van der Waals surface area contributed by atoms with Gasteiger partial charge in [0.25, 0.3) is 0 Å². The molecule has 1 atom stereocenters. The molecular formula is C14H18FN3O3. The van der Waals surface area contributed by atoms with Crippen molar-refractivity contribution in [3.63, 3.8) is 0 Å². The van der Waals surface area contributed by atoms with Gasteiger partial charge in [0, 0.05) is 38.6 Å². The lowest BCUT2D eigenvalue weighted by Gasteiger charge is -2.39. The molecule has 0 bridgehead atoms. The van der Waals surface area contributed by atoms with Crippen LogP contribution in [0.1, 0.15) is 12.0 Å². The van der Waals surface area contributed by atoms with Gasteiger partial charge >= 0.3 is 5.97 Å². The Hall–Kier alpha value is -2.02. The fourth-order valence-corrected chi connectivity index (χ4v) is 2.50. The van der Waals surface area contributed by atoms with Crippen molar-refractivity contribution in [1.82, 2.24) is 14.8 Å². The van der Waals surface area contributed by atoms with E-state index >= 15 is 0 Å². The summed E-state index contributed by atoms with van der Waals surface area (Å²) >= 11 is 0. The highest BCUT2D eigenvalue weighted by atomic mass is 19.1. The fourth-order valence-electron chi connectivity index (χ4n) is 2.50. The van der Waals surface area contributed by atoms with Crippen molar-refractivity contribution in [2.24, 2.45) is 0 Å². The fraction of sp³-hybridized carbons (Fsp3) is 0.500. The summed E-state index contributed by atoms with van der Waals surface area (Å²) in [4.78, 5) is 30.5. The van der Waals surface area contributed by atoms with Gasteiger partial charge in [-0.15, -0.1) is 0 Å². The number of carbonyl (C=O) groups is 2. The second-order valence-electron chi connectivity index (χ2n) is 4.96. The summed E-state index contributed by atoms with van der Waals surface area (Å²) in [5, 5.41) is 9.00. The zero-order valence-electron chi connectivity index (χ0n) is 11.6. The summed E-state index contributed by atoms with van der Waals surface area (Å²) in [7, 11) is 0. The molecule has 1 saturated heterocycles. The number of carboxylic acid groups (broad SMARTS) is 1. The Morgan fingerprint density at radius 2 is 2.29 bits per heavy atom. The maximum absolute atomic E-state index is 12.5. The SMILES string of the molecule is O=C(O)CC1C(=O)N(CCF)CCN1Cc1cccnc1. The van der Waals surface area contributed by atoms with Crippen molar-refractivity contribution in [3.05, 3.63) is 30.1 Å². The maximum Gasteiger partial charge on any atom is 0.305 e. The number of carboxylic acids is 1. The number of aliphatic carboxylic acids is 1. The van der Waals surface area contributed by atoms with Crippen molar-refractivity contribution >= 4 is 11.9 Å².